The van der Waals surface area contributed by atoms with Crippen LogP contribution in [0.15, 0.2) is 18.2 Å². The van der Waals surface area contributed by atoms with Crippen molar-refractivity contribution in [3.8, 4) is 5.75 Å². The normalized spacial score (nSPS) is 16.8. The summed E-state index contributed by atoms with van der Waals surface area (Å²) >= 11 is 0. The Hall–Kier alpha value is -1.51. The van der Waals surface area contributed by atoms with Gasteiger partial charge in [-0.15, -0.1) is 0 Å². The first-order valence-corrected chi connectivity index (χ1v) is 6.74. The zero-order valence-corrected chi connectivity index (χ0v) is 12.1. The number of rotatable bonds is 4. The molecule has 1 aliphatic heterocycles. The third-order valence-corrected chi connectivity index (χ3v) is 3.74. The molecule has 104 valence electrons. The Morgan fingerprint density at radius 1 is 1.42 bits per heavy atom. The summed E-state index contributed by atoms with van der Waals surface area (Å²) in [6.07, 6.45) is 2.34. The van der Waals surface area contributed by atoms with Crippen LogP contribution in [-0.2, 0) is 17.6 Å². The van der Waals surface area contributed by atoms with Crippen molar-refractivity contribution in [2.45, 2.75) is 52.6 Å². The number of ether oxygens (including phenoxy) is 1. The molecule has 0 aliphatic carbocycles. The number of aryl methyl sites for hydroxylation is 1. The van der Waals surface area contributed by atoms with Crippen LogP contribution in [0.1, 0.15) is 45.2 Å². The van der Waals surface area contributed by atoms with Gasteiger partial charge in [0, 0.05) is 6.42 Å². The second-order valence-corrected chi connectivity index (χ2v) is 6.67. The van der Waals surface area contributed by atoms with Gasteiger partial charge in [-0.2, -0.15) is 0 Å². The fourth-order valence-electron chi connectivity index (χ4n) is 2.38. The molecule has 0 amide bonds. The van der Waals surface area contributed by atoms with E-state index in [1.54, 1.807) is 13.8 Å². The van der Waals surface area contributed by atoms with Crippen LogP contribution < -0.4 is 4.74 Å². The van der Waals surface area contributed by atoms with Crippen LogP contribution in [-0.4, -0.2) is 16.7 Å². The second kappa shape index (κ2) is 4.55. The SMILES string of the molecule is CC1(C)Cc2cc(CCC(C)(C)C(=O)O)ccc2O1. The molecule has 0 radical (unpaired) electrons. The Morgan fingerprint density at radius 2 is 2.11 bits per heavy atom. The fourth-order valence-corrected chi connectivity index (χ4v) is 2.38. The van der Waals surface area contributed by atoms with E-state index in [0.717, 1.165) is 18.6 Å². The zero-order chi connectivity index (χ0) is 14.3. The molecule has 0 fully saturated rings. The maximum Gasteiger partial charge on any atom is 0.309 e. The van der Waals surface area contributed by atoms with Crippen molar-refractivity contribution in [3.63, 3.8) is 0 Å². The molecule has 0 atom stereocenters. The first-order chi connectivity index (χ1) is 8.70. The summed E-state index contributed by atoms with van der Waals surface area (Å²) in [5.41, 5.74) is 1.63. The maximum atomic E-state index is 11.1. The highest BCUT2D eigenvalue weighted by Crippen LogP contribution is 2.35. The highest BCUT2D eigenvalue weighted by molar-refractivity contribution is 5.73. The van der Waals surface area contributed by atoms with Crippen molar-refractivity contribution in [2.75, 3.05) is 0 Å². The summed E-state index contributed by atoms with van der Waals surface area (Å²) in [6, 6.07) is 6.20. The summed E-state index contributed by atoms with van der Waals surface area (Å²) in [5.74, 6) is 0.226. The molecule has 1 aromatic rings. The van der Waals surface area contributed by atoms with Crippen LogP contribution in [0.3, 0.4) is 0 Å². The molecule has 0 bridgehead atoms. The second-order valence-electron chi connectivity index (χ2n) is 6.67. The predicted octanol–water partition coefficient (Wildman–Crippen LogP) is 3.44. The summed E-state index contributed by atoms with van der Waals surface area (Å²) in [6.45, 7) is 7.71. The van der Waals surface area contributed by atoms with Gasteiger partial charge in [-0.25, -0.2) is 0 Å². The Kier molecular flexibility index (Phi) is 3.33. The monoisotopic (exact) mass is 262 g/mol. The number of hydrogen-bond donors (Lipinski definition) is 1. The average molecular weight is 262 g/mol. The summed E-state index contributed by atoms with van der Waals surface area (Å²) in [5, 5.41) is 9.12. The van der Waals surface area contributed by atoms with E-state index in [0.29, 0.717) is 6.42 Å². The molecule has 0 saturated carbocycles. The van der Waals surface area contributed by atoms with Gasteiger partial charge in [-0.3, -0.25) is 4.79 Å². The van der Waals surface area contributed by atoms with E-state index in [1.807, 2.05) is 12.1 Å². The third kappa shape index (κ3) is 3.09. The zero-order valence-electron chi connectivity index (χ0n) is 12.1. The Balaban J connectivity index is 2.07. The van der Waals surface area contributed by atoms with Gasteiger partial charge in [0.2, 0.25) is 0 Å². The Morgan fingerprint density at radius 3 is 2.74 bits per heavy atom. The van der Waals surface area contributed by atoms with Gasteiger partial charge in [0.05, 0.1) is 5.41 Å². The van der Waals surface area contributed by atoms with Gasteiger partial charge in [0.25, 0.3) is 0 Å². The summed E-state index contributed by atoms with van der Waals surface area (Å²) in [7, 11) is 0. The quantitative estimate of drug-likeness (QED) is 0.904. The predicted molar refractivity (Wildman–Crippen MR) is 74.6 cm³/mol. The van der Waals surface area contributed by atoms with Crippen LogP contribution in [0, 0.1) is 5.41 Å². The van der Waals surface area contributed by atoms with Gasteiger partial charge in [-0.1, -0.05) is 12.1 Å². The maximum absolute atomic E-state index is 11.1. The van der Waals surface area contributed by atoms with Crippen LogP contribution >= 0.6 is 0 Å². The number of benzene rings is 1. The van der Waals surface area contributed by atoms with E-state index >= 15 is 0 Å². The van der Waals surface area contributed by atoms with E-state index in [1.165, 1.54) is 11.1 Å². The molecular weight excluding hydrogens is 240 g/mol. The van der Waals surface area contributed by atoms with Gasteiger partial charge in [0.1, 0.15) is 11.4 Å². The first kappa shape index (κ1) is 13.9. The van der Waals surface area contributed by atoms with E-state index in [4.69, 9.17) is 9.84 Å². The number of carbonyl (C=O) groups is 1. The number of carboxylic acid groups (broad SMARTS) is 1. The molecule has 1 aromatic carbocycles. The van der Waals surface area contributed by atoms with Crippen molar-refractivity contribution in [1.82, 2.24) is 0 Å². The number of carboxylic acids is 1. The lowest BCUT2D eigenvalue weighted by Crippen LogP contribution is -2.24. The van der Waals surface area contributed by atoms with Crippen LogP contribution in [0.4, 0.5) is 0 Å². The topological polar surface area (TPSA) is 46.5 Å². The molecule has 0 unspecified atom stereocenters. The van der Waals surface area contributed by atoms with E-state index in [-0.39, 0.29) is 5.60 Å². The van der Waals surface area contributed by atoms with Gasteiger partial charge in [0.15, 0.2) is 0 Å². The van der Waals surface area contributed by atoms with Gasteiger partial charge in [-0.05, 0) is 57.7 Å². The standard InChI is InChI=1S/C16H22O3/c1-15(2,14(17)18)8-7-11-5-6-13-12(9-11)10-16(3,4)19-13/h5-6,9H,7-8,10H2,1-4H3,(H,17,18). The highest BCUT2D eigenvalue weighted by Gasteiger charge is 2.30. The van der Waals surface area contributed by atoms with Crippen molar-refractivity contribution < 1.29 is 14.6 Å². The Labute approximate surface area is 114 Å². The average Bonchev–Trinajstić information content (AvgIpc) is 2.59. The molecule has 0 saturated heterocycles. The third-order valence-electron chi connectivity index (χ3n) is 3.74. The van der Waals surface area contributed by atoms with Crippen molar-refractivity contribution in [2.24, 2.45) is 5.41 Å². The molecule has 1 heterocycles. The molecule has 0 aromatic heterocycles. The molecule has 1 N–H and O–H groups in total. The molecular formula is C16H22O3. The summed E-state index contributed by atoms with van der Waals surface area (Å²) in [4.78, 5) is 11.1. The van der Waals surface area contributed by atoms with E-state index < -0.39 is 11.4 Å². The molecule has 0 spiro atoms. The smallest absolute Gasteiger partial charge is 0.309 e. The molecule has 3 heteroatoms. The van der Waals surface area contributed by atoms with Gasteiger partial charge < -0.3 is 9.84 Å². The van der Waals surface area contributed by atoms with Crippen molar-refractivity contribution >= 4 is 5.97 Å². The lowest BCUT2D eigenvalue weighted by Gasteiger charge is -2.18. The van der Waals surface area contributed by atoms with Crippen molar-refractivity contribution in [3.05, 3.63) is 29.3 Å². The largest absolute Gasteiger partial charge is 0.487 e. The minimum absolute atomic E-state index is 0.124. The summed E-state index contributed by atoms with van der Waals surface area (Å²) < 4.78 is 5.84. The molecule has 3 nitrogen and oxygen atoms in total. The van der Waals surface area contributed by atoms with Crippen LogP contribution in [0.5, 0.6) is 5.75 Å². The minimum Gasteiger partial charge on any atom is -0.487 e. The van der Waals surface area contributed by atoms with E-state index in [2.05, 4.69) is 19.9 Å². The number of hydrogen-bond acceptors (Lipinski definition) is 2. The molecule has 2 rings (SSSR count). The molecule has 19 heavy (non-hydrogen) atoms. The number of fused-ring (bicyclic) bond motifs is 1. The van der Waals surface area contributed by atoms with Crippen molar-refractivity contribution in [1.29, 1.82) is 0 Å². The first-order valence-electron chi connectivity index (χ1n) is 6.74. The molecule has 1 aliphatic rings. The highest BCUT2D eigenvalue weighted by atomic mass is 16.5. The lowest BCUT2D eigenvalue weighted by molar-refractivity contribution is -0.147. The Bertz CT molecular complexity index is 501. The van der Waals surface area contributed by atoms with Crippen LogP contribution in [0.25, 0.3) is 0 Å². The number of aliphatic carboxylic acids is 1. The van der Waals surface area contributed by atoms with Crippen LogP contribution in [0.2, 0.25) is 0 Å². The lowest BCUT2D eigenvalue weighted by atomic mass is 9.86. The fraction of sp³-hybridized carbons (Fsp3) is 0.562. The van der Waals surface area contributed by atoms with Gasteiger partial charge >= 0.3 is 5.97 Å². The van der Waals surface area contributed by atoms with E-state index in [9.17, 15) is 4.79 Å². The minimum atomic E-state index is -0.738.